The predicted molar refractivity (Wildman–Crippen MR) is 115 cm³/mol. The Morgan fingerprint density at radius 3 is 2.48 bits per heavy atom. The van der Waals surface area contributed by atoms with Gasteiger partial charge in [-0.05, 0) is 56.0 Å². The van der Waals surface area contributed by atoms with Crippen molar-refractivity contribution in [3.8, 4) is 0 Å². The van der Waals surface area contributed by atoms with Crippen molar-refractivity contribution in [2.45, 2.75) is 33.6 Å². The number of fused-ring (bicyclic) bond motifs is 1. The van der Waals surface area contributed by atoms with Gasteiger partial charge in [-0.25, -0.2) is 13.8 Å². The third-order valence-corrected chi connectivity index (χ3v) is 5.22. The van der Waals surface area contributed by atoms with E-state index in [-0.39, 0.29) is 0 Å². The summed E-state index contributed by atoms with van der Waals surface area (Å²) in [5.41, 5.74) is 5.68. The minimum atomic E-state index is -0.623. The van der Waals surface area contributed by atoms with Gasteiger partial charge in [-0.2, -0.15) is 0 Å². The number of allylic oxidation sites excluding steroid dienone is 6. The average Bonchev–Trinajstić information content (AvgIpc) is 2.96. The molecule has 0 aliphatic heterocycles. The van der Waals surface area contributed by atoms with Gasteiger partial charge in [0.05, 0.1) is 0 Å². The summed E-state index contributed by atoms with van der Waals surface area (Å²) in [6.07, 6.45) is 5.07. The number of pyridine rings is 1. The van der Waals surface area contributed by atoms with Crippen LogP contribution in [0.25, 0.3) is 11.2 Å². The van der Waals surface area contributed by atoms with Gasteiger partial charge in [0.15, 0.2) is 0 Å². The van der Waals surface area contributed by atoms with Crippen LogP contribution < -0.4 is 5.32 Å². The number of nitrogens with zero attached hydrogens (tertiary/aromatic N) is 2. The highest BCUT2D eigenvalue weighted by molar-refractivity contribution is 5.86. The Morgan fingerprint density at radius 2 is 1.76 bits per heavy atom. The predicted octanol–water partition coefficient (Wildman–Crippen LogP) is 6.75. The Bertz CT molecular complexity index is 1160. The normalized spacial score (nSPS) is 14.3. The molecule has 0 fully saturated rings. The second-order valence-corrected chi connectivity index (χ2v) is 7.20. The van der Waals surface area contributed by atoms with Gasteiger partial charge in [-0.15, -0.1) is 0 Å². The topological polar surface area (TPSA) is 29.3 Å². The zero-order valence-electron chi connectivity index (χ0n) is 16.8. The molecule has 1 aromatic carbocycles. The summed E-state index contributed by atoms with van der Waals surface area (Å²) < 4.78 is 30.6. The van der Waals surface area contributed by atoms with E-state index in [1.807, 2.05) is 54.6 Å². The Balaban J connectivity index is 1.97. The number of rotatable bonds is 4. The van der Waals surface area contributed by atoms with E-state index in [2.05, 4.69) is 12.2 Å². The number of benzene rings is 1. The van der Waals surface area contributed by atoms with Crippen LogP contribution in [0.4, 0.5) is 20.3 Å². The van der Waals surface area contributed by atoms with Crippen LogP contribution in [0, 0.1) is 13.8 Å². The van der Waals surface area contributed by atoms with Gasteiger partial charge in [0.25, 0.3) is 0 Å². The van der Waals surface area contributed by atoms with Crippen molar-refractivity contribution >= 4 is 22.7 Å². The third-order valence-electron chi connectivity index (χ3n) is 5.22. The zero-order valence-corrected chi connectivity index (χ0v) is 16.8. The van der Waals surface area contributed by atoms with E-state index in [1.54, 1.807) is 6.08 Å². The number of hydrogen-bond acceptors (Lipinski definition) is 2. The van der Waals surface area contributed by atoms with Gasteiger partial charge in [-0.3, -0.25) is 4.40 Å². The maximum atomic E-state index is 14.9. The number of anilines is 2. The fraction of sp³-hybridized carbons (Fsp3) is 0.208. The first kappa shape index (κ1) is 19.1. The minimum absolute atomic E-state index is 0.299. The number of aromatic nitrogens is 2. The quantitative estimate of drug-likeness (QED) is 0.533. The van der Waals surface area contributed by atoms with Gasteiger partial charge in [0.2, 0.25) is 0 Å². The molecule has 0 atom stereocenters. The number of aryl methyl sites for hydroxylation is 3. The van der Waals surface area contributed by atoms with E-state index in [0.717, 1.165) is 40.7 Å². The molecular weight excluding hydrogens is 368 g/mol. The molecule has 0 unspecified atom stereocenters. The molecule has 5 heteroatoms. The first-order valence-corrected chi connectivity index (χ1v) is 9.77. The van der Waals surface area contributed by atoms with E-state index >= 15 is 0 Å². The molecule has 0 bridgehead atoms. The molecule has 2 heterocycles. The zero-order chi connectivity index (χ0) is 20.5. The largest absolute Gasteiger partial charge is 0.339 e. The highest BCUT2D eigenvalue weighted by Gasteiger charge is 2.22. The van der Waals surface area contributed by atoms with E-state index in [0.29, 0.717) is 23.5 Å². The molecule has 0 amide bonds. The second-order valence-electron chi connectivity index (χ2n) is 7.20. The molecule has 3 nitrogen and oxygen atoms in total. The van der Waals surface area contributed by atoms with Crippen molar-refractivity contribution in [2.75, 3.05) is 5.32 Å². The van der Waals surface area contributed by atoms with E-state index in [1.165, 1.54) is 6.08 Å². The molecule has 148 valence electrons. The Hall–Kier alpha value is -3.21. The molecule has 0 spiro atoms. The van der Waals surface area contributed by atoms with Gasteiger partial charge in [-0.1, -0.05) is 37.3 Å². The van der Waals surface area contributed by atoms with E-state index in [4.69, 9.17) is 4.98 Å². The summed E-state index contributed by atoms with van der Waals surface area (Å²) in [4.78, 5) is 4.72. The fourth-order valence-corrected chi connectivity index (χ4v) is 3.72. The highest BCUT2D eigenvalue weighted by atomic mass is 19.1. The van der Waals surface area contributed by atoms with Gasteiger partial charge < -0.3 is 5.32 Å². The molecule has 3 aromatic rings. The molecule has 1 aliphatic carbocycles. The van der Waals surface area contributed by atoms with Crippen molar-refractivity contribution in [1.82, 2.24) is 9.38 Å². The van der Waals surface area contributed by atoms with Crippen LogP contribution >= 0.6 is 0 Å². The maximum absolute atomic E-state index is 14.9. The molecule has 0 saturated carbocycles. The summed E-state index contributed by atoms with van der Waals surface area (Å²) in [5, 5.41) is 3.51. The Labute approximate surface area is 169 Å². The van der Waals surface area contributed by atoms with Crippen LogP contribution in [0.3, 0.4) is 0 Å². The van der Waals surface area contributed by atoms with Crippen molar-refractivity contribution in [2.24, 2.45) is 0 Å². The summed E-state index contributed by atoms with van der Waals surface area (Å²) in [7, 11) is 0. The van der Waals surface area contributed by atoms with E-state index < -0.39 is 11.7 Å². The summed E-state index contributed by atoms with van der Waals surface area (Å²) in [6, 6.07) is 11.9. The van der Waals surface area contributed by atoms with Crippen LogP contribution in [0.5, 0.6) is 0 Å². The average molecular weight is 391 g/mol. The monoisotopic (exact) mass is 391 g/mol. The molecule has 0 radical (unpaired) electrons. The van der Waals surface area contributed by atoms with Gasteiger partial charge >= 0.3 is 0 Å². The first-order valence-electron chi connectivity index (χ1n) is 9.77. The van der Waals surface area contributed by atoms with Crippen molar-refractivity contribution in [1.29, 1.82) is 0 Å². The van der Waals surface area contributed by atoms with Crippen LogP contribution in [0.1, 0.15) is 35.9 Å². The van der Waals surface area contributed by atoms with Crippen LogP contribution in [0.15, 0.2) is 66.3 Å². The summed E-state index contributed by atoms with van der Waals surface area (Å²) in [6.45, 7) is 6.13. The van der Waals surface area contributed by atoms with E-state index in [9.17, 15) is 8.78 Å². The number of hydrogen-bond donors (Lipinski definition) is 1. The molecule has 2 aromatic heterocycles. The minimum Gasteiger partial charge on any atom is -0.339 e. The Kier molecular flexibility index (Phi) is 5.05. The van der Waals surface area contributed by atoms with Crippen LogP contribution in [-0.2, 0) is 6.42 Å². The van der Waals surface area contributed by atoms with Crippen molar-refractivity contribution in [3.63, 3.8) is 0 Å². The smallest absolute Gasteiger partial charge is 0.143 e. The molecule has 1 N–H and O–H groups in total. The molecular formula is C24H23F2N3. The molecule has 4 rings (SSSR count). The lowest BCUT2D eigenvalue weighted by molar-refractivity contribution is 0.635. The first-order chi connectivity index (χ1) is 14.0. The van der Waals surface area contributed by atoms with Gasteiger partial charge in [0, 0.05) is 23.0 Å². The SMILES string of the molecule is CCc1cccc2nc(C3=CCC=C(F)C=C3F)c(Nc3c(C)cccc3C)n12. The maximum Gasteiger partial charge on any atom is 0.143 e. The third kappa shape index (κ3) is 3.48. The van der Waals surface area contributed by atoms with Crippen LogP contribution in [0.2, 0.25) is 0 Å². The lowest BCUT2D eigenvalue weighted by atomic mass is 10.1. The number of nitrogens with one attached hydrogen (secondary N) is 1. The molecule has 1 aliphatic rings. The summed E-state index contributed by atoms with van der Waals surface area (Å²) in [5.74, 6) is -0.509. The number of halogens is 2. The van der Waals surface area contributed by atoms with Crippen molar-refractivity contribution < 1.29 is 8.78 Å². The lowest BCUT2D eigenvalue weighted by Gasteiger charge is -2.16. The Morgan fingerprint density at radius 1 is 1.03 bits per heavy atom. The molecule has 29 heavy (non-hydrogen) atoms. The van der Waals surface area contributed by atoms with Crippen molar-refractivity contribution in [3.05, 3.63) is 88.8 Å². The lowest BCUT2D eigenvalue weighted by Crippen LogP contribution is -2.04. The number of para-hydroxylation sites is 1. The highest BCUT2D eigenvalue weighted by Crippen LogP contribution is 2.36. The fourth-order valence-electron chi connectivity index (χ4n) is 3.72. The molecule has 0 saturated heterocycles. The summed E-state index contributed by atoms with van der Waals surface area (Å²) >= 11 is 0. The second kappa shape index (κ2) is 7.66. The van der Waals surface area contributed by atoms with Crippen LogP contribution in [-0.4, -0.2) is 9.38 Å². The van der Waals surface area contributed by atoms with Gasteiger partial charge in [0.1, 0.15) is 28.8 Å². The number of imidazole rings is 1. The standard InChI is InChI=1S/C24H23F2N3/c1-4-18-11-7-13-21-27-23(19-12-6-10-17(25)14-20(19)26)24(29(18)21)28-22-15(2)8-5-9-16(22)3/h5,7-14,28H,4,6H2,1-3H3.